The number of ether oxygens (including phenoxy) is 1. The number of nitrogens with zero attached hydrogens (tertiary/aromatic N) is 2. The predicted molar refractivity (Wildman–Crippen MR) is 68.8 cm³/mol. The molecule has 6 heteroatoms. The van der Waals surface area contributed by atoms with Crippen LogP contribution < -0.4 is 5.32 Å². The average Bonchev–Trinajstić information content (AvgIpc) is 3.00. The molecule has 0 bridgehead atoms. The van der Waals surface area contributed by atoms with Crippen LogP contribution in [0.1, 0.15) is 23.3 Å². The largest absolute Gasteiger partial charge is 0.374 e. The van der Waals surface area contributed by atoms with Gasteiger partial charge in [0.1, 0.15) is 5.69 Å². The van der Waals surface area contributed by atoms with Gasteiger partial charge in [0.25, 0.3) is 5.91 Å². The first-order chi connectivity index (χ1) is 8.75. The molecular weight excluding hydrogens is 250 g/mol. The normalized spacial score (nSPS) is 32.2. The van der Waals surface area contributed by atoms with Gasteiger partial charge < -0.3 is 10.1 Å². The summed E-state index contributed by atoms with van der Waals surface area (Å²) in [5, 5.41) is 4.82. The maximum absolute atomic E-state index is 12.0. The van der Waals surface area contributed by atoms with Gasteiger partial charge in [0, 0.05) is 24.6 Å². The van der Waals surface area contributed by atoms with E-state index in [2.05, 4.69) is 22.2 Å². The van der Waals surface area contributed by atoms with Crippen molar-refractivity contribution in [3.05, 3.63) is 16.6 Å². The van der Waals surface area contributed by atoms with Crippen molar-refractivity contribution < 1.29 is 9.53 Å². The summed E-state index contributed by atoms with van der Waals surface area (Å²) in [4.78, 5) is 18.3. The van der Waals surface area contributed by atoms with Gasteiger partial charge in [0.15, 0.2) is 0 Å². The highest BCUT2D eigenvalue weighted by atomic mass is 32.1. The number of likely N-dealkylation sites (N-methyl/N-ethyl adjacent to an activating group) is 1. The number of amides is 1. The number of hydrogen-bond acceptors (Lipinski definition) is 5. The summed E-state index contributed by atoms with van der Waals surface area (Å²) >= 11 is 1.44. The Kier molecular flexibility index (Phi) is 3.32. The first-order valence-electron chi connectivity index (χ1n) is 6.26. The topological polar surface area (TPSA) is 54.5 Å². The summed E-state index contributed by atoms with van der Waals surface area (Å²) < 4.78 is 5.83. The van der Waals surface area contributed by atoms with Crippen LogP contribution in [-0.4, -0.2) is 54.2 Å². The zero-order chi connectivity index (χ0) is 12.5. The molecular formula is C12H17N3O2S. The smallest absolute Gasteiger partial charge is 0.271 e. The third-order valence-corrected chi connectivity index (χ3v) is 4.35. The van der Waals surface area contributed by atoms with Gasteiger partial charge >= 0.3 is 0 Å². The lowest BCUT2D eigenvalue weighted by Crippen LogP contribution is -2.47. The summed E-state index contributed by atoms with van der Waals surface area (Å²) in [6.07, 6.45) is 2.40. The number of aromatic nitrogens is 1. The molecule has 1 aromatic heterocycles. The molecule has 0 unspecified atom stereocenters. The maximum Gasteiger partial charge on any atom is 0.271 e. The van der Waals surface area contributed by atoms with Crippen LogP contribution >= 0.6 is 11.3 Å². The fourth-order valence-corrected chi connectivity index (χ4v) is 3.42. The second-order valence-corrected chi connectivity index (χ2v) is 5.66. The minimum atomic E-state index is -0.0931. The highest BCUT2D eigenvalue weighted by Gasteiger charge is 2.42. The van der Waals surface area contributed by atoms with Crippen LogP contribution in [0, 0.1) is 0 Å². The summed E-state index contributed by atoms with van der Waals surface area (Å²) in [7, 11) is 2.10. The highest BCUT2D eigenvalue weighted by molar-refractivity contribution is 7.07. The number of thiazole rings is 1. The quantitative estimate of drug-likeness (QED) is 0.858. The number of hydrogen-bond donors (Lipinski definition) is 1. The van der Waals surface area contributed by atoms with E-state index in [4.69, 9.17) is 4.74 Å². The van der Waals surface area contributed by atoms with Crippen LogP contribution in [0.3, 0.4) is 0 Å². The summed E-state index contributed by atoms with van der Waals surface area (Å²) in [6.45, 7) is 1.66. The zero-order valence-corrected chi connectivity index (χ0v) is 11.2. The number of carbonyl (C=O) groups excluding carboxylic acids is 1. The zero-order valence-electron chi connectivity index (χ0n) is 10.3. The fourth-order valence-electron chi connectivity index (χ4n) is 2.89. The number of nitrogens with one attached hydrogen (secondary N) is 1. The van der Waals surface area contributed by atoms with Gasteiger partial charge in [-0.05, 0) is 19.9 Å². The molecule has 98 valence electrons. The maximum atomic E-state index is 12.0. The van der Waals surface area contributed by atoms with Crippen LogP contribution in [0.2, 0.25) is 0 Å². The summed E-state index contributed by atoms with van der Waals surface area (Å²) in [5.74, 6) is -0.0931. The van der Waals surface area contributed by atoms with Crippen molar-refractivity contribution in [1.82, 2.24) is 15.2 Å². The van der Waals surface area contributed by atoms with Crippen molar-refractivity contribution in [2.24, 2.45) is 0 Å². The molecule has 1 aromatic rings. The number of carbonyl (C=O) groups is 1. The van der Waals surface area contributed by atoms with Crippen molar-refractivity contribution in [3.8, 4) is 0 Å². The third kappa shape index (κ3) is 2.15. The van der Waals surface area contributed by atoms with E-state index in [1.165, 1.54) is 11.3 Å². The summed E-state index contributed by atoms with van der Waals surface area (Å²) in [6, 6.07) is 0.522. The third-order valence-electron chi connectivity index (χ3n) is 3.76. The molecule has 5 nitrogen and oxygen atoms in total. The molecule has 18 heavy (non-hydrogen) atoms. The molecule has 0 aromatic carbocycles. The van der Waals surface area contributed by atoms with Crippen LogP contribution in [0.15, 0.2) is 10.9 Å². The average molecular weight is 267 g/mol. The van der Waals surface area contributed by atoms with Crippen molar-refractivity contribution in [3.63, 3.8) is 0 Å². The Morgan fingerprint density at radius 1 is 1.67 bits per heavy atom. The Labute approximate surface area is 110 Å². The lowest BCUT2D eigenvalue weighted by Gasteiger charge is -2.31. The van der Waals surface area contributed by atoms with E-state index in [0.29, 0.717) is 11.7 Å². The molecule has 2 saturated heterocycles. The van der Waals surface area contributed by atoms with E-state index in [0.717, 1.165) is 26.0 Å². The Morgan fingerprint density at radius 3 is 3.33 bits per heavy atom. The molecule has 2 aliphatic rings. The molecule has 2 fully saturated rings. The molecule has 1 N–H and O–H groups in total. The molecule has 0 spiro atoms. The van der Waals surface area contributed by atoms with Gasteiger partial charge in [0.2, 0.25) is 0 Å². The Bertz CT molecular complexity index is 423. The monoisotopic (exact) mass is 267 g/mol. The summed E-state index contributed by atoms with van der Waals surface area (Å²) in [5.41, 5.74) is 2.18. The van der Waals surface area contributed by atoms with Gasteiger partial charge in [-0.2, -0.15) is 0 Å². The fraction of sp³-hybridized carbons (Fsp3) is 0.667. The first kappa shape index (κ1) is 12.1. The molecule has 3 rings (SSSR count). The van der Waals surface area contributed by atoms with Gasteiger partial charge in [-0.15, -0.1) is 11.3 Å². The van der Waals surface area contributed by atoms with Crippen LogP contribution in [0.5, 0.6) is 0 Å². The van der Waals surface area contributed by atoms with E-state index < -0.39 is 0 Å². The van der Waals surface area contributed by atoms with Crippen LogP contribution in [-0.2, 0) is 4.74 Å². The molecule has 0 radical (unpaired) electrons. The van der Waals surface area contributed by atoms with Gasteiger partial charge in [-0.1, -0.05) is 0 Å². The first-order valence-corrected chi connectivity index (χ1v) is 7.21. The minimum Gasteiger partial charge on any atom is -0.374 e. The Balaban J connectivity index is 1.68. The molecule has 2 aliphatic heterocycles. The van der Waals surface area contributed by atoms with Crippen molar-refractivity contribution in [1.29, 1.82) is 0 Å². The minimum absolute atomic E-state index is 0.0782. The second-order valence-electron chi connectivity index (χ2n) is 4.94. The molecule has 1 amide bonds. The number of likely N-dealkylation sites (tertiary alicyclic amines) is 1. The Hall–Kier alpha value is -0.980. The molecule has 0 saturated carbocycles. The molecule has 3 heterocycles. The second kappa shape index (κ2) is 4.95. The van der Waals surface area contributed by atoms with Crippen molar-refractivity contribution in [2.75, 3.05) is 20.2 Å². The molecule has 0 aliphatic carbocycles. The van der Waals surface area contributed by atoms with E-state index in [1.54, 1.807) is 10.9 Å². The van der Waals surface area contributed by atoms with Gasteiger partial charge in [-0.3, -0.25) is 9.69 Å². The highest BCUT2D eigenvalue weighted by Crippen LogP contribution is 2.27. The Morgan fingerprint density at radius 2 is 2.56 bits per heavy atom. The standard InChI is InChI=1S/C12H17N3O2S/c1-15-5-8(11-10(15)3-2-4-17-11)14-12(16)9-6-18-7-13-9/h6-8,10-11H,2-5H2,1H3,(H,14,16)/t8-,10-,11-/m0/s1. The van der Waals surface area contributed by atoms with Crippen molar-refractivity contribution in [2.45, 2.75) is 31.0 Å². The lowest BCUT2D eigenvalue weighted by atomic mass is 10.0. The number of rotatable bonds is 2. The van der Waals surface area contributed by atoms with E-state index in [1.807, 2.05) is 0 Å². The SMILES string of the molecule is CN1C[C@H](NC(=O)c2cscn2)[C@@H]2OCCC[C@@H]21. The van der Waals surface area contributed by atoms with E-state index in [-0.39, 0.29) is 18.1 Å². The number of fused-ring (bicyclic) bond motifs is 1. The molecule has 3 atom stereocenters. The van der Waals surface area contributed by atoms with Crippen LogP contribution in [0.25, 0.3) is 0 Å². The van der Waals surface area contributed by atoms with Crippen molar-refractivity contribution >= 4 is 17.2 Å². The van der Waals surface area contributed by atoms with Crippen LogP contribution in [0.4, 0.5) is 0 Å². The van der Waals surface area contributed by atoms with Gasteiger partial charge in [-0.25, -0.2) is 4.98 Å². The lowest BCUT2D eigenvalue weighted by molar-refractivity contribution is -0.0165. The van der Waals surface area contributed by atoms with E-state index in [9.17, 15) is 4.79 Å². The van der Waals surface area contributed by atoms with Gasteiger partial charge in [0.05, 0.1) is 17.7 Å². The van der Waals surface area contributed by atoms with E-state index >= 15 is 0 Å². The predicted octanol–water partition coefficient (Wildman–Crippen LogP) is 0.734.